The van der Waals surface area contributed by atoms with E-state index in [0.717, 1.165) is 11.3 Å². The first-order chi connectivity index (χ1) is 10.1. The molecule has 1 aromatic carbocycles. The number of aryl methyl sites for hydroxylation is 1. The number of nitrogens with one attached hydrogen (secondary N) is 3. The zero-order valence-electron chi connectivity index (χ0n) is 11.8. The molecule has 1 aromatic heterocycles. The predicted molar refractivity (Wildman–Crippen MR) is 78.8 cm³/mol. The first-order valence-electron chi connectivity index (χ1n) is 6.74. The van der Waals surface area contributed by atoms with Crippen molar-refractivity contribution in [2.24, 2.45) is 0 Å². The third-order valence-corrected chi connectivity index (χ3v) is 2.99. The van der Waals surface area contributed by atoms with Crippen LogP contribution in [0.15, 0.2) is 36.8 Å². The summed E-state index contributed by atoms with van der Waals surface area (Å²) in [5, 5.41) is 5.33. The topological polar surface area (TPSA) is 86.9 Å². The number of imidazole rings is 1. The Morgan fingerprint density at radius 1 is 1.19 bits per heavy atom. The smallest absolute Gasteiger partial charge is 0.251 e. The summed E-state index contributed by atoms with van der Waals surface area (Å²) < 4.78 is 0. The minimum atomic E-state index is -0.251. The molecule has 2 aromatic rings. The maximum Gasteiger partial charge on any atom is 0.251 e. The summed E-state index contributed by atoms with van der Waals surface area (Å²) in [5.41, 5.74) is 2.59. The molecule has 21 heavy (non-hydrogen) atoms. The zero-order valence-corrected chi connectivity index (χ0v) is 11.8. The van der Waals surface area contributed by atoms with Crippen LogP contribution < -0.4 is 10.6 Å². The first kappa shape index (κ1) is 14.8. The summed E-state index contributed by atoms with van der Waals surface area (Å²) in [6.45, 7) is 2.42. The van der Waals surface area contributed by atoms with Gasteiger partial charge in [0, 0.05) is 30.4 Å². The van der Waals surface area contributed by atoms with Crippen LogP contribution in [0.3, 0.4) is 0 Å². The van der Waals surface area contributed by atoms with Crippen molar-refractivity contribution < 1.29 is 9.59 Å². The Labute approximate surface area is 123 Å². The lowest BCUT2D eigenvalue weighted by atomic mass is 10.1. The largest absolute Gasteiger partial charge is 0.354 e. The minimum absolute atomic E-state index is 0.0321. The van der Waals surface area contributed by atoms with Crippen LogP contribution in [0.2, 0.25) is 0 Å². The highest BCUT2D eigenvalue weighted by Crippen LogP contribution is 2.02. The molecule has 0 fully saturated rings. The van der Waals surface area contributed by atoms with E-state index in [1.54, 1.807) is 24.7 Å². The number of carbonyl (C=O) groups is 2. The molecule has 0 saturated heterocycles. The number of rotatable bonds is 6. The maximum atomic E-state index is 11.8. The van der Waals surface area contributed by atoms with Crippen LogP contribution in [-0.4, -0.2) is 34.9 Å². The number of aromatic amines is 1. The van der Waals surface area contributed by atoms with E-state index in [2.05, 4.69) is 20.6 Å². The van der Waals surface area contributed by atoms with Gasteiger partial charge in [0.15, 0.2) is 0 Å². The Kier molecular flexibility index (Phi) is 5.09. The molecule has 2 amide bonds. The second-order valence-corrected chi connectivity index (χ2v) is 4.73. The summed E-state index contributed by atoms with van der Waals surface area (Å²) in [4.78, 5) is 30.3. The predicted octanol–water partition coefficient (Wildman–Crippen LogP) is 0.807. The van der Waals surface area contributed by atoms with Crippen LogP contribution in [0.5, 0.6) is 0 Å². The van der Waals surface area contributed by atoms with E-state index in [4.69, 9.17) is 0 Å². The Bertz CT molecular complexity index is 591. The molecule has 0 bridgehead atoms. The molecule has 0 aliphatic rings. The summed E-state index contributed by atoms with van der Waals surface area (Å²) in [5.74, 6) is -0.464. The number of benzene rings is 1. The van der Waals surface area contributed by atoms with Crippen molar-refractivity contribution in [1.82, 2.24) is 20.6 Å². The second kappa shape index (κ2) is 7.23. The van der Waals surface area contributed by atoms with Gasteiger partial charge in [0.05, 0.1) is 12.9 Å². The lowest BCUT2D eigenvalue weighted by molar-refractivity contribution is -0.120. The number of amides is 2. The van der Waals surface area contributed by atoms with Gasteiger partial charge in [-0.2, -0.15) is 0 Å². The standard InChI is InChI=1S/C15H18N4O2/c1-11-2-4-12(5-3-11)15(21)18-9-14(20)17-7-6-13-8-16-10-19-13/h2-5,8,10H,6-7,9H2,1H3,(H,16,19)(H,17,20)(H,18,21). The van der Waals surface area contributed by atoms with E-state index in [1.807, 2.05) is 19.1 Å². The van der Waals surface area contributed by atoms with Gasteiger partial charge < -0.3 is 15.6 Å². The molecule has 0 atom stereocenters. The van der Waals surface area contributed by atoms with Gasteiger partial charge in [-0.3, -0.25) is 9.59 Å². The lowest BCUT2D eigenvalue weighted by Crippen LogP contribution is -2.37. The van der Waals surface area contributed by atoms with Crippen molar-refractivity contribution >= 4 is 11.8 Å². The third kappa shape index (κ3) is 4.76. The van der Waals surface area contributed by atoms with Gasteiger partial charge in [-0.1, -0.05) is 17.7 Å². The van der Waals surface area contributed by atoms with Crippen LogP contribution >= 0.6 is 0 Å². The van der Waals surface area contributed by atoms with Crippen molar-refractivity contribution in [3.8, 4) is 0 Å². The molecule has 1 heterocycles. The van der Waals surface area contributed by atoms with Crippen LogP contribution in [0.1, 0.15) is 21.6 Å². The fourth-order valence-electron chi connectivity index (χ4n) is 1.79. The molecule has 0 spiro atoms. The molecular formula is C15H18N4O2. The van der Waals surface area contributed by atoms with Gasteiger partial charge in [0.25, 0.3) is 5.91 Å². The molecule has 6 nitrogen and oxygen atoms in total. The van der Waals surface area contributed by atoms with Crippen LogP contribution in [-0.2, 0) is 11.2 Å². The van der Waals surface area contributed by atoms with Gasteiger partial charge in [-0.15, -0.1) is 0 Å². The van der Waals surface area contributed by atoms with Gasteiger partial charge in [0.2, 0.25) is 5.91 Å². The van der Waals surface area contributed by atoms with E-state index in [1.165, 1.54) is 0 Å². The summed E-state index contributed by atoms with van der Waals surface area (Å²) in [6.07, 6.45) is 3.99. The minimum Gasteiger partial charge on any atom is -0.354 e. The Morgan fingerprint density at radius 3 is 2.62 bits per heavy atom. The Morgan fingerprint density at radius 2 is 1.95 bits per heavy atom. The highest BCUT2D eigenvalue weighted by Gasteiger charge is 2.07. The van der Waals surface area contributed by atoms with Crippen molar-refractivity contribution in [2.45, 2.75) is 13.3 Å². The highest BCUT2D eigenvalue weighted by molar-refractivity contribution is 5.96. The van der Waals surface area contributed by atoms with E-state index >= 15 is 0 Å². The summed E-state index contributed by atoms with van der Waals surface area (Å²) >= 11 is 0. The molecule has 0 aliphatic carbocycles. The molecule has 2 rings (SSSR count). The molecule has 0 aliphatic heterocycles. The number of hydrogen-bond donors (Lipinski definition) is 3. The second-order valence-electron chi connectivity index (χ2n) is 4.73. The van der Waals surface area contributed by atoms with Crippen LogP contribution in [0.25, 0.3) is 0 Å². The average molecular weight is 286 g/mol. The average Bonchev–Trinajstić information content (AvgIpc) is 2.99. The van der Waals surface area contributed by atoms with Crippen molar-refractivity contribution in [3.63, 3.8) is 0 Å². The van der Waals surface area contributed by atoms with Gasteiger partial charge in [-0.05, 0) is 19.1 Å². The van der Waals surface area contributed by atoms with Gasteiger partial charge >= 0.3 is 0 Å². The quantitative estimate of drug-likeness (QED) is 0.734. The molecule has 0 unspecified atom stereocenters. The monoisotopic (exact) mass is 286 g/mol. The fraction of sp³-hybridized carbons (Fsp3) is 0.267. The number of nitrogens with zero attached hydrogens (tertiary/aromatic N) is 1. The van der Waals surface area contributed by atoms with E-state index in [-0.39, 0.29) is 18.4 Å². The molecule has 0 saturated carbocycles. The molecule has 6 heteroatoms. The third-order valence-electron chi connectivity index (χ3n) is 2.99. The molecule has 3 N–H and O–H groups in total. The van der Waals surface area contributed by atoms with E-state index < -0.39 is 0 Å². The Hall–Kier alpha value is -2.63. The summed E-state index contributed by atoms with van der Waals surface area (Å²) in [6, 6.07) is 7.19. The fourth-order valence-corrected chi connectivity index (χ4v) is 1.79. The molecular weight excluding hydrogens is 268 g/mol. The summed E-state index contributed by atoms with van der Waals surface area (Å²) in [7, 11) is 0. The van der Waals surface area contributed by atoms with Crippen molar-refractivity contribution in [2.75, 3.05) is 13.1 Å². The zero-order chi connectivity index (χ0) is 15.1. The number of aromatic nitrogens is 2. The van der Waals surface area contributed by atoms with Crippen molar-refractivity contribution in [1.29, 1.82) is 0 Å². The lowest BCUT2D eigenvalue weighted by Gasteiger charge is -2.06. The van der Waals surface area contributed by atoms with Gasteiger partial charge in [0.1, 0.15) is 0 Å². The SMILES string of the molecule is Cc1ccc(C(=O)NCC(=O)NCCc2cnc[nH]2)cc1. The highest BCUT2D eigenvalue weighted by atomic mass is 16.2. The maximum absolute atomic E-state index is 11.8. The van der Waals surface area contributed by atoms with E-state index in [9.17, 15) is 9.59 Å². The number of carbonyl (C=O) groups excluding carboxylic acids is 2. The van der Waals surface area contributed by atoms with E-state index in [0.29, 0.717) is 18.5 Å². The van der Waals surface area contributed by atoms with Crippen molar-refractivity contribution in [3.05, 3.63) is 53.6 Å². The van der Waals surface area contributed by atoms with Crippen LogP contribution in [0.4, 0.5) is 0 Å². The Balaban J connectivity index is 1.68. The normalized spacial score (nSPS) is 10.1. The molecule has 0 radical (unpaired) electrons. The first-order valence-corrected chi connectivity index (χ1v) is 6.74. The van der Waals surface area contributed by atoms with Crippen LogP contribution in [0, 0.1) is 6.92 Å². The number of hydrogen-bond acceptors (Lipinski definition) is 3. The number of H-pyrrole nitrogens is 1. The molecule has 110 valence electrons. The van der Waals surface area contributed by atoms with Gasteiger partial charge in [-0.25, -0.2) is 4.98 Å².